The highest BCUT2D eigenvalue weighted by atomic mass is 19.1. The van der Waals surface area contributed by atoms with Crippen molar-refractivity contribution >= 4 is 22.4 Å². The van der Waals surface area contributed by atoms with Crippen molar-refractivity contribution in [3.63, 3.8) is 0 Å². The van der Waals surface area contributed by atoms with Gasteiger partial charge in [0.25, 0.3) is 0 Å². The highest BCUT2D eigenvalue weighted by molar-refractivity contribution is 6.01. The van der Waals surface area contributed by atoms with Gasteiger partial charge in [0.1, 0.15) is 5.82 Å². The van der Waals surface area contributed by atoms with Crippen molar-refractivity contribution in [3.8, 4) is 0 Å². The lowest BCUT2D eigenvalue weighted by atomic mass is 10.0. The molecule has 0 spiro atoms. The predicted octanol–water partition coefficient (Wildman–Crippen LogP) is 1.46. The van der Waals surface area contributed by atoms with E-state index in [0.717, 1.165) is 19.5 Å². The number of benzene rings is 1. The van der Waals surface area contributed by atoms with Gasteiger partial charge in [-0.1, -0.05) is 0 Å². The van der Waals surface area contributed by atoms with Gasteiger partial charge in [0, 0.05) is 44.8 Å². The number of halogens is 2. The van der Waals surface area contributed by atoms with Gasteiger partial charge in [-0.2, -0.15) is 4.98 Å². The van der Waals surface area contributed by atoms with Crippen LogP contribution in [0, 0.1) is 18.6 Å². The summed E-state index contributed by atoms with van der Waals surface area (Å²) in [6.07, 6.45) is 0.790. The molecule has 0 radical (unpaired) electrons. The van der Waals surface area contributed by atoms with Gasteiger partial charge in [0.05, 0.1) is 16.6 Å². The van der Waals surface area contributed by atoms with Crippen molar-refractivity contribution < 1.29 is 8.78 Å². The molecule has 134 valence electrons. The van der Waals surface area contributed by atoms with Crippen LogP contribution in [0.2, 0.25) is 0 Å². The number of nitrogens with one attached hydrogen (secondary N) is 1. The van der Waals surface area contributed by atoms with Crippen LogP contribution in [-0.4, -0.2) is 53.7 Å². The summed E-state index contributed by atoms with van der Waals surface area (Å²) >= 11 is 0. The molecular formula is C17H21F2N5O. The van der Waals surface area contributed by atoms with Crippen LogP contribution >= 0.6 is 0 Å². The van der Waals surface area contributed by atoms with Crippen molar-refractivity contribution in [3.05, 3.63) is 27.7 Å². The van der Waals surface area contributed by atoms with Crippen LogP contribution in [-0.2, 0) is 7.05 Å². The Balaban J connectivity index is 2.10. The highest BCUT2D eigenvalue weighted by Gasteiger charge is 2.33. The molecule has 1 atom stereocenters. The van der Waals surface area contributed by atoms with Crippen LogP contribution in [0.4, 0.5) is 20.3 Å². The SMILES string of the molecule is Cc1c(F)c2c3c(nc(=O)n(C)c3c1F)N1CCN(C)CC1CCN2. The molecule has 1 aromatic carbocycles. The predicted molar refractivity (Wildman–Crippen MR) is 93.4 cm³/mol. The number of hydrogen-bond acceptors (Lipinski definition) is 5. The second-order valence-corrected chi connectivity index (χ2v) is 6.95. The van der Waals surface area contributed by atoms with Crippen LogP contribution in [0.5, 0.6) is 0 Å². The molecular weight excluding hydrogens is 328 g/mol. The van der Waals surface area contributed by atoms with Crippen molar-refractivity contribution in [1.29, 1.82) is 0 Å². The highest BCUT2D eigenvalue weighted by Crippen LogP contribution is 2.38. The van der Waals surface area contributed by atoms with E-state index in [1.54, 1.807) is 0 Å². The lowest BCUT2D eigenvalue weighted by molar-refractivity contribution is 0.261. The number of fused-ring (bicyclic) bond motifs is 2. The topological polar surface area (TPSA) is 53.4 Å². The number of piperazine rings is 1. The van der Waals surface area contributed by atoms with Crippen molar-refractivity contribution in [2.45, 2.75) is 19.4 Å². The van der Waals surface area contributed by atoms with Crippen molar-refractivity contribution in [1.82, 2.24) is 14.5 Å². The molecule has 25 heavy (non-hydrogen) atoms. The molecule has 2 aliphatic heterocycles. The van der Waals surface area contributed by atoms with Gasteiger partial charge in [-0.15, -0.1) is 0 Å². The summed E-state index contributed by atoms with van der Waals surface area (Å²) < 4.78 is 30.8. The molecule has 2 aromatic rings. The molecule has 0 saturated carbocycles. The van der Waals surface area contributed by atoms with Crippen LogP contribution in [0.15, 0.2) is 4.79 Å². The normalized spacial score (nSPS) is 20.8. The Hall–Kier alpha value is -2.22. The number of anilines is 2. The summed E-state index contributed by atoms with van der Waals surface area (Å²) in [7, 11) is 3.52. The fraction of sp³-hybridized carbons (Fsp3) is 0.529. The molecule has 1 fully saturated rings. The van der Waals surface area contributed by atoms with Crippen LogP contribution in [0.25, 0.3) is 10.9 Å². The maximum absolute atomic E-state index is 14.9. The van der Waals surface area contributed by atoms with Gasteiger partial charge in [-0.05, 0) is 20.4 Å². The molecule has 0 amide bonds. The maximum Gasteiger partial charge on any atom is 0.349 e. The monoisotopic (exact) mass is 349 g/mol. The van der Waals surface area contributed by atoms with Gasteiger partial charge < -0.3 is 15.1 Å². The first-order chi connectivity index (χ1) is 11.9. The summed E-state index contributed by atoms with van der Waals surface area (Å²) in [6.45, 7) is 4.28. The quantitative estimate of drug-likeness (QED) is 0.780. The molecule has 1 unspecified atom stereocenters. The summed E-state index contributed by atoms with van der Waals surface area (Å²) in [4.78, 5) is 20.8. The zero-order valence-electron chi connectivity index (χ0n) is 14.6. The van der Waals surface area contributed by atoms with Crippen molar-refractivity contribution in [2.24, 2.45) is 7.05 Å². The van der Waals surface area contributed by atoms with Gasteiger partial charge in [0.15, 0.2) is 11.6 Å². The number of hydrogen-bond donors (Lipinski definition) is 1. The Bertz CT molecular complexity index is 926. The van der Waals surface area contributed by atoms with Crippen LogP contribution in [0.1, 0.15) is 12.0 Å². The van der Waals surface area contributed by atoms with Crippen LogP contribution in [0.3, 0.4) is 0 Å². The summed E-state index contributed by atoms with van der Waals surface area (Å²) in [5.74, 6) is -0.928. The third kappa shape index (κ3) is 2.31. The second-order valence-electron chi connectivity index (χ2n) is 6.95. The number of aromatic nitrogens is 2. The van der Waals surface area contributed by atoms with Crippen LogP contribution < -0.4 is 15.9 Å². The van der Waals surface area contributed by atoms with E-state index in [2.05, 4.69) is 15.2 Å². The standard InChI is InChI=1S/C17H21F2N5O/c1-9-12(18)14-11-15(13(9)19)23(3)17(25)21-16(11)24-7-6-22(2)8-10(24)4-5-20-14/h10,20H,4-8H2,1-3H3. The van der Waals surface area contributed by atoms with Gasteiger partial charge in [-0.3, -0.25) is 4.57 Å². The average molecular weight is 349 g/mol. The Morgan fingerprint density at radius 2 is 1.96 bits per heavy atom. The smallest absolute Gasteiger partial charge is 0.349 e. The molecule has 1 N–H and O–H groups in total. The molecule has 0 aliphatic carbocycles. The Morgan fingerprint density at radius 3 is 2.72 bits per heavy atom. The van der Waals surface area contributed by atoms with E-state index in [-0.39, 0.29) is 22.8 Å². The summed E-state index contributed by atoms with van der Waals surface area (Å²) in [5, 5.41) is 3.48. The molecule has 8 heteroatoms. The van der Waals surface area contributed by atoms with E-state index >= 15 is 0 Å². The first-order valence-electron chi connectivity index (χ1n) is 8.47. The second kappa shape index (κ2) is 5.66. The third-order valence-corrected chi connectivity index (χ3v) is 5.36. The van der Waals surface area contributed by atoms with Gasteiger partial charge >= 0.3 is 5.69 Å². The van der Waals surface area contributed by atoms with E-state index in [0.29, 0.717) is 24.3 Å². The third-order valence-electron chi connectivity index (χ3n) is 5.36. The summed E-state index contributed by atoms with van der Waals surface area (Å²) in [5.41, 5.74) is -0.269. The minimum absolute atomic E-state index is 0.0855. The van der Waals surface area contributed by atoms with Crippen molar-refractivity contribution in [2.75, 3.05) is 43.4 Å². The van der Waals surface area contributed by atoms with E-state index in [1.807, 2.05) is 11.9 Å². The van der Waals surface area contributed by atoms with Gasteiger partial charge in [0.2, 0.25) is 0 Å². The average Bonchev–Trinajstić information content (AvgIpc) is 2.57. The molecule has 2 aliphatic rings. The molecule has 4 rings (SSSR count). The minimum atomic E-state index is -0.701. The first-order valence-corrected chi connectivity index (χ1v) is 8.47. The largest absolute Gasteiger partial charge is 0.382 e. The number of likely N-dealkylation sites (N-methyl/N-ethyl adjacent to an activating group) is 1. The fourth-order valence-electron chi connectivity index (χ4n) is 3.92. The molecule has 3 heterocycles. The van der Waals surface area contributed by atoms with E-state index in [1.165, 1.54) is 18.5 Å². The number of nitrogens with zero attached hydrogens (tertiary/aromatic N) is 4. The minimum Gasteiger partial charge on any atom is -0.382 e. The first kappa shape index (κ1) is 16.3. The molecule has 0 bridgehead atoms. The number of aryl methyl sites for hydroxylation is 1. The van der Waals surface area contributed by atoms with E-state index in [4.69, 9.17) is 0 Å². The lowest BCUT2D eigenvalue weighted by Gasteiger charge is -2.42. The Kier molecular flexibility index (Phi) is 3.68. The van der Waals surface area contributed by atoms with Gasteiger partial charge in [-0.25, -0.2) is 13.6 Å². The Labute approximate surface area is 144 Å². The molecule has 6 nitrogen and oxygen atoms in total. The lowest BCUT2D eigenvalue weighted by Crippen LogP contribution is -2.53. The van der Waals surface area contributed by atoms with E-state index in [9.17, 15) is 13.6 Å². The molecule has 1 saturated heterocycles. The zero-order valence-corrected chi connectivity index (χ0v) is 14.6. The zero-order chi connectivity index (χ0) is 17.9. The number of rotatable bonds is 0. The Morgan fingerprint density at radius 1 is 1.20 bits per heavy atom. The molecule has 1 aromatic heterocycles. The maximum atomic E-state index is 14.9. The fourth-order valence-corrected chi connectivity index (χ4v) is 3.92. The summed E-state index contributed by atoms with van der Waals surface area (Å²) in [6, 6.07) is 0.148. The van der Waals surface area contributed by atoms with E-state index < -0.39 is 17.3 Å².